The van der Waals surface area contributed by atoms with E-state index in [0.717, 1.165) is 28.2 Å². The van der Waals surface area contributed by atoms with E-state index in [2.05, 4.69) is 15.0 Å². The zero-order chi connectivity index (χ0) is 12.5. The molecule has 90 valence electrons. The number of nitrogens with two attached hydrogens (primary N) is 1. The summed E-state index contributed by atoms with van der Waals surface area (Å²) in [5, 5.41) is 0. The van der Waals surface area contributed by atoms with Gasteiger partial charge in [0, 0.05) is 17.8 Å². The van der Waals surface area contributed by atoms with Crippen molar-refractivity contribution in [2.24, 2.45) is 0 Å². The maximum absolute atomic E-state index is 5.88. The van der Waals surface area contributed by atoms with Crippen molar-refractivity contribution in [3.8, 4) is 17.1 Å². The van der Waals surface area contributed by atoms with Crippen molar-refractivity contribution in [1.29, 1.82) is 0 Å². The number of aromatic nitrogens is 3. The van der Waals surface area contributed by atoms with Gasteiger partial charge in [-0.15, -0.1) is 0 Å². The maximum Gasteiger partial charge on any atom is 0.140 e. The topological polar surface area (TPSA) is 76.8 Å². The Labute approximate surface area is 104 Å². The molecule has 1 aromatic carbocycles. The SMILES string of the molecule is COc1ccc2nc(-c3ccncc3N)[nH]c2c1. The number of ether oxygens (including phenoxy) is 1. The van der Waals surface area contributed by atoms with Crippen molar-refractivity contribution in [2.75, 3.05) is 12.8 Å². The van der Waals surface area contributed by atoms with Crippen LogP contribution in [0.3, 0.4) is 0 Å². The van der Waals surface area contributed by atoms with Gasteiger partial charge in [-0.1, -0.05) is 0 Å². The second kappa shape index (κ2) is 4.03. The minimum absolute atomic E-state index is 0.600. The van der Waals surface area contributed by atoms with Gasteiger partial charge >= 0.3 is 0 Å². The summed E-state index contributed by atoms with van der Waals surface area (Å²) >= 11 is 0. The number of pyridine rings is 1. The molecule has 0 atom stereocenters. The molecule has 3 aromatic rings. The number of imidazole rings is 1. The molecule has 3 rings (SSSR count). The third-order valence-corrected chi connectivity index (χ3v) is 2.80. The molecule has 0 bridgehead atoms. The van der Waals surface area contributed by atoms with Gasteiger partial charge in [0.1, 0.15) is 11.6 Å². The molecule has 2 heterocycles. The molecule has 0 aliphatic heterocycles. The lowest BCUT2D eigenvalue weighted by atomic mass is 10.2. The molecule has 18 heavy (non-hydrogen) atoms. The number of fused-ring (bicyclic) bond motifs is 1. The number of nitrogens with zero attached hydrogens (tertiary/aromatic N) is 2. The lowest BCUT2D eigenvalue weighted by molar-refractivity contribution is 0.415. The summed E-state index contributed by atoms with van der Waals surface area (Å²) in [6.07, 6.45) is 3.31. The molecule has 0 aliphatic rings. The van der Waals surface area contributed by atoms with Gasteiger partial charge in [0.25, 0.3) is 0 Å². The second-order valence-corrected chi connectivity index (χ2v) is 3.93. The fraction of sp³-hybridized carbons (Fsp3) is 0.0769. The predicted octanol–water partition coefficient (Wildman–Crippen LogP) is 2.22. The van der Waals surface area contributed by atoms with E-state index in [1.807, 2.05) is 24.3 Å². The highest BCUT2D eigenvalue weighted by molar-refractivity contribution is 5.83. The number of benzene rings is 1. The minimum Gasteiger partial charge on any atom is -0.497 e. The van der Waals surface area contributed by atoms with Crippen LogP contribution < -0.4 is 10.5 Å². The first-order chi connectivity index (χ1) is 8.78. The van der Waals surface area contributed by atoms with E-state index < -0.39 is 0 Å². The molecule has 0 saturated heterocycles. The van der Waals surface area contributed by atoms with Gasteiger partial charge in [0.2, 0.25) is 0 Å². The van der Waals surface area contributed by atoms with Crippen LogP contribution in [-0.2, 0) is 0 Å². The van der Waals surface area contributed by atoms with E-state index in [1.165, 1.54) is 0 Å². The molecule has 3 N–H and O–H groups in total. The smallest absolute Gasteiger partial charge is 0.140 e. The number of methoxy groups -OCH3 is 1. The van der Waals surface area contributed by atoms with Gasteiger partial charge < -0.3 is 15.5 Å². The van der Waals surface area contributed by atoms with Crippen LogP contribution >= 0.6 is 0 Å². The van der Waals surface area contributed by atoms with Crippen LogP contribution in [0.5, 0.6) is 5.75 Å². The Morgan fingerprint density at radius 3 is 2.94 bits per heavy atom. The highest BCUT2D eigenvalue weighted by atomic mass is 16.5. The van der Waals surface area contributed by atoms with Gasteiger partial charge in [0.05, 0.1) is 30.0 Å². The molecule has 0 unspecified atom stereocenters. The largest absolute Gasteiger partial charge is 0.497 e. The average molecular weight is 240 g/mol. The number of aromatic amines is 1. The molecule has 0 spiro atoms. The monoisotopic (exact) mass is 240 g/mol. The van der Waals surface area contributed by atoms with Crippen LogP contribution in [0, 0.1) is 0 Å². The first-order valence-electron chi connectivity index (χ1n) is 5.51. The number of anilines is 1. The van der Waals surface area contributed by atoms with Gasteiger partial charge in [0.15, 0.2) is 0 Å². The minimum atomic E-state index is 0.600. The van der Waals surface area contributed by atoms with E-state index in [9.17, 15) is 0 Å². The fourth-order valence-electron chi connectivity index (χ4n) is 1.87. The first kappa shape index (κ1) is 10.6. The third kappa shape index (κ3) is 1.66. The molecule has 0 fully saturated rings. The number of nitrogens with one attached hydrogen (secondary N) is 1. The van der Waals surface area contributed by atoms with E-state index >= 15 is 0 Å². The van der Waals surface area contributed by atoms with Crippen molar-refractivity contribution in [1.82, 2.24) is 15.0 Å². The zero-order valence-corrected chi connectivity index (χ0v) is 9.84. The van der Waals surface area contributed by atoms with E-state index in [0.29, 0.717) is 5.69 Å². The molecule has 0 radical (unpaired) electrons. The van der Waals surface area contributed by atoms with Gasteiger partial charge in [-0.3, -0.25) is 4.98 Å². The van der Waals surface area contributed by atoms with Crippen LogP contribution in [0.1, 0.15) is 0 Å². The van der Waals surface area contributed by atoms with Crippen LogP contribution in [0.2, 0.25) is 0 Å². The lowest BCUT2D eigenvalue weighted by Gasteiger charge is -1.99. The summed E-state index contributed by atoms with van der Waals surface area (Å²) < 4.78 is 5.18. The second-order valence-electron chi connectivity index (χ2n) is 3.93. The fourth-order valence-corrected chi connectivity index (χ4v) is 1.87. The lowest BCUT2D eigenvalue weighted by Crippen LogP contribution is -1.91. The maximum atomic E-state index is 5.88. The Morgan fingerprint density at radius 1 is 1.28 bits per heavy atom. The predicted molar refractivity (Wildman–Crippen MR) is 70.3 cm³/mol. The van der Waals surface area contributed by atoms with Crippen LogP contribution in [0.25, 0.3) is 22.4 Å². The third-order valence-electron chi connectivity index (χ3n) is 2.80. The summed E-state index contributed by atoms with van der Waals surface area (Å²) in [4.78, 5) is 11.7. The van der Waals surface area contributed by atoms with Gasteiger partial charge in [-0.05, 0) is 18.2 Å². The van der Waals surface area contributed by atoms with Gasteiger partial charge in [-0.25, -0.2) is 4.98 Å². The molecule has 2 aromatic heterocycles. The molecule has 0 aliphatic carbocycles. The zero-order valence-electron chi connectivity index (χ0n) is 9.84. The number of rotatable bonds is 2. The molecule has 5 heteroatoms. The molecular weight excluding hydrogens is 228 g/mol. The Morgan fingerprint density at radius 2 is 2.17 bits per heavy atom. The van der Waals surface area contributed by atoms with Crippen molar-refractivity contribution in [2.45, 2.75) is 0 Å². The number of nitrogen functional groups attached to an aromatic ring is 1. The van der Waals surface area contributed by atoms with Crippen molar-refractivity contribution < 1.29 is 4.74 Å². The summed E-state index contributed by atoms with van der Waals surface area (Å²) in [5.74, 6) is 1.53. The standard InChI is InChI=1S/C13H12N4O/c1-18-8-2-3-11-12(6-8)17-13(16-11)9-4-5-15-7-10(9)14/h2-7H,14H2,1H3,(H,16,17). The number of hydrogen-bond acceptors (Lipinski definition) is 4. The molecular formula is C13H12N4O. The normalized spacial score (nSPS) is 10.7. The number of H-pyrrole nitrogens is 1. The van der Waals surface area contributed by atoms with Crippen molar-refractivity contribution >= 4 is 16.7 Å². The van der Waals surface area contributed by atoms with E-state index in [-0.39, 0.29) is 0 Å². The Balaban J connectivity index is 2.17. The van der Waals surface area contributed by atoms with Crippen LogP contribution in [0.4, 0.5) is 5.69 Å². The summed E-state index contributed by atoms with van der Waals surface area (Å²) in [6, 6.07) is 7.53. The Kier molecular flexibility index (Phi) is 2.37. The average Bonchev–Trinajstić information content (AvgIpc) is 2.81. The van der Waals surface area contributed by atoms with Crippen LogP contribution in [0.15, 0.2) is 36.7 Å². The Hall–Kier alpha value is -2.56. The van der Waals surface area contributed by atoms with Crippen molar-refractivity contribution in [3.05, 3.63) is 36.7 Å². The Bertz CT molecular complexity index is 705. The van der Waals surface area contributed by atoms with Gasteiger partial charge in [-0.2, -0.15) is 0 Å². The summed E-state index contributed by atoms with van der Waals surface area (Å²) in [7, 11) is 1.64. The van der Waals surface area contributed by atoms with Crippen LogP contribution in [-0.4, -0.2) is 22.1 Å². The summed E-state index contributed by atoms with van der Waals surface area (Å²) in [6.45, 7) is 0. The van der Waals surface area contributed by atoms with E-state index in [4.69, 9.17) is 10.5 Å². The molecule has 0 saturated carbocycles. The quantitative estimate of drug-likeness (QED) is 0.720. The highest BCUT2D eigenvalue weighted by Gasteiger charge is 2.08. The molecule has 0 amide bonds. The highest BCUT2D eigenvalue weighted by Crippen LogP contribution is 2.26. The summed E-state index contributed by atoms with van der Waals surface area (Å²) in [5.41, 5.74) is 9.13. The first-order valence-corrected chi connectivity index (χ1v) is 5.51. The van der Waals surface area contributed by atoms with Crippen molar-refractivity contribution in [3.63, 3.8) is 0 Å². The number of hydrogen-bond donors (Lipinski definition) is 2. The van der Waals surface area contributed by atoms with E-state index in [1.54, 1.807) is 19.5 Å². The molecule has 5 nitrogen and oxygen atoms in total.